The molecule has 2 nitrogen and oxygen atoms in total. The predicted octanol–water partition coefficient (Wildman–Crippen LogP) is 4.02. The number of hydrogen-bond acceptors (Lipinski definition) is 2. The zero-order chi connectivity index (χ0) is 13.8. The highest BCUT2D eigenvalue weighted by atomic mass is 35.5. The summed E-state index contributed by atoms with van der Waals surface area (Å²) >= 11 is 6.07. The molecule has 2 rings (SSSR count). The number of halogens is 2. The zero-order valence-corrected chi connectivity index (χ0v) is 11.5. The molecule has 0 spiro atoms. The molecule has 0 aliphatic heterocycles. The molecule has 0 aliphatic rings. The Bertz CT molecular complexity index is 533. The quantitative estimate of drug-likeness (QED) is 0.829. The number of aryl methyl sites for hydroxylation is 1. The number of rotatable bonds is 4. The van der Waals surface area contributed by atoms with Crippen LogP contribution in [0, 0.1) is 12.7 Å². The molecule has 0 fully saturated rings. The van der Waals surface area contributed by atoms with E-state index in [-0.39, 0.29) is 5.82 Å². The first kappa shape index (κ1) is 13.7. The smallest absolute Gasteiger partial charge is 0.123 e. The third-order valence-corrected chi connectivity index (χ3v) is 3.32. The summed E-state index contributed by atoms with van der Waals surface area (Å²) < 4.78 is 13.0. The maximum Gasteiger partial charge on any atom is 0.123 e. The van der Waals surface area contributed by atoms with Crippen LogP contribution in [-0.2, 0) is 6.42 Å². The predicted molar refractivity (Wildman–Crippen MR) is 79.2 cm³/mol. The summed E-state index contributed by atoms with van der Waals surface area (Å²) in [5, 5.41) is 3.86. The molecular weight excluding hydrogens is 263 g/mol. The van der Waals surface area contributed by atoms with Crippen LogP contribution in [0.3, 0.4) is 0 Å². The van der Waals surface area contributed by atoms with E-state index in [4.69, 9.17) is 17.3 Å². The van der Waals surface area contributed by atoms with E-state index in [1.165, 1.54) is 6.07 Å². The van der Waals surface area contributed by atoms with Crippen LogP contribution in [0.4, 0.5) is 15.8 Å². The molecule has 0 saturated carbocycles. The van der Waals surface area contributed by atoms with Crippen LogP contribution >= 0.6 is 11.6 Å². The average Bonchev–Trinajstić information content (AvgIpc) is 2.34. The fourth-order valence-electron chi connectivity index (χ4n) is 1.95. The highest BCUT2D eigenvalue weighted by Gasteiger charge is 2.02. The van der Waals surface area contributed by atoms with E-state index in [1.807, 2.05) is 19.1 Å². The normalized spacial score (nSPS) is 10.5. The molecule has 3 N–H and O–H groups in total. The highest BCUT2D eigenvalue weighted by molar-refractivity contribution is 6.33. The van der Waals surface area contributed by atoms with Crippen molar-refractivity contribution in [1.82, 2.24) is 0 Å². The lowest BCUT2D eigenvalue weighted by molar-refractivity contribution is 0.625. The van der Waals surface area contributed by atoms with Gasteiger partial charge in [-0.1, -0.05) is 17.7 Å². The molecule has 0 heterocycles. The molecule has 0 bridgehead atoms. The molecule has 2 aromatic rings. The highest BCUT2D eigenvalue weighted by Crippen LogP contribution is 2.24. The van der Waals surface area contributed by atoms with Crippen LogP contribution in [0.5, 0.6) is 0 Å². The summed E-state index contributed by atoms with van der Waals surface area (Å²) in [7, 11) is 0. The summed E-state index contributed by atoms with van der Waals surface area (Å²) in [5.74, 6) is -0.198. The first-order chi connectivity index (χ1) is 9.06. The Labute approximate surface area is 117 Å². The summed E-state index contributed by atoms with van der Waals surface area (Å²) in [5.41, 5.74) is 9.22. The van der Waals surface area contributed by atoms with Gasteiger partial charge in [-0.2, -0.15) is 0 Å². The van der Waals surface area contributed by atoms with Crippen molar-refractivity contribution in [2.75, 3.05) is 17.6 Å². The van der Waals surface area contributed by atoms with E-state index < -0.39 is 0 Å². The maximum absolute atomic E-state index is 13.0. The number of nitrogens with one attached hydrogen (secondary N) is 1. The number of nitrogen functional groups attached to an aromatic ring is 1. The molecule has 0 unspecified atom stereocenters. The van der Waals surface area contributed by atoms with E-state index in [0.29, 0.717) is 10.7 Å². The topological polar surface area (TPSA) is 38.0 Å². The lowest BCUT2D eigenvalue weighted by Crippen LogP contribution is -2.06. The van der Waals surface area contributed by atoms with Crippen molar-refractivity contribution in [3.63, 3.8) is 0 Å². The second kappa shape index (κ2) is 5.93. The van der Waals surface area contributed by atoms with Crippen LogP contribution in [0.25, 0.3) is 0 Å². The Morgan fingerprint density at radius 1 is 1.21 bits per heavy atom. The van der Waals surface area contributed by atoms with Gasteiger partial charge in [0.1, 0.15) is 5.82 Å². The van der Waals surface area contributed by atoms with Gasteiger partial charge in [0.2, 0.25) is 0 Å². The average molecular weight is 279 g/mol. The molecule has 0 aliphatic carbocycles. The SMILES string of the molecule is Cc1cc(F)ccc1CCNc1ccc(N)cc1Cl. The molecule has 100 valence electrons. The van der Waals surface area contributed by atoms with Crippen molar-refractivity contribution in [3.05, 3.63) is 58.4 Å². The summed E-state index contributed by atoms with van der Waals surface area (Å²) in [6, 6.07) is 10.2. The Balaban J connectivity index is 1.96. The van der Waals surface area contributed by atoms with Gasteiger partial charge in [-0.05, 0) is 54.8 Å². The van der Waals surface area contributed by atoms with Gasteiger partial charge in [-0.3, -0.25) is 0 Å². The van der Waals surface area contributed by atoms with E-state index in [9.17, 15) is 4.39 Å². The van der Waals surface area contributed by atoms with Gasteiger partial charge in [-0.15, -0.1) is 0 Å². The molecule has 19 heavy (non-hydrogen) atoms. The Morgan fingerprint density at radius 3 is 2.68 bits per heavy atom. The Kier molecular flexibility index (Phi) is 4.27. The maximum atomic E-state index is 13.0. The number of anilines is 2. The molecule has 0 atom stereocenters. The molecule has 0 aromatic heterocycles. The largest absolute Gasteiger partial charge is 0.399 e. The van der Waals surface area contributed by atoms with Crippen molar-refractivity contribution in [3.8, 4) is 0 Å². The third-order valence-electron chi connectivity index (χ3n) is 3.01. The zero-order valence-electron chi connectivity index (χ0n) is 10.7. The lowest BCUT2D eigenvalue weighted by atomic mass is 10.1. The Hall–Kier alpha value is -1.74. The molecule has 0 saturated heterocycles. The van der Waals surface area contributed by atoms with Crippen LogP contribution in [0.1, 0.15) is 11.1 Å². The van der Waals surface area contributed by atoms with Crippen LogP contribution in [0.15, 0.2) is 36.4 Å². The van der Waals surface area contributed by atoms with E-state index in [1.54, 1.807) is 18.2 Å². The standard InChI is InChI=1S/C15H16ClFN2/c1-10-8-12(17)3-2-11(10)6-7-19-15-5-4-13(18)9-14(15)16/h2-5,8-9,19H,6-7,18H2,1H3. The van der Waals surface area contributed by atoms with Gasteiger partial charge in [0.25, 0.3) is 0 Å². The van der Waals surface area contributed by atoms with Crippen molar-refractivity contribution in [2.24, 2.45) is 0 Å². The monoisotopic (exact) mass is 278 g/mol. The molecule has 0 amide bonds. The molecule has 0 radical (unpaired) electrons. The minimum atomic E-state index is -0.198. The van der Waals surface area contributed by atoms with Gasteiger partial charge in [0, 0.05) is 12.2 Å². The second-order valence-electron chi connectivity index (χ2n) is 4.49. The summed E-state index contributed by atoms with van der Waals surface area (Å²) in [6.07, 6.45) is 0.812. The molecule has 4 heteroatoms. The van der Waals surface area contributed by atoms with E-state index >= 15 is 0 Å². The van der Waals surface area contributed by atoms with Gasteiger partial charge in [0.15, 0.2) is 0 Å². The summed E-state index contributed by atoms with van der Waals surface area (Å²) in [6.45, 7) is 2.64. The fraction of sp³-hybridized carbons (Fsp3) is 0.200. The van der Waals surface area contributed by atoms with Crippen LogP contribution in [0.2, 0.25) is 5.02 Å². The minimum absolute atomic E-state index is 0.198. The number of hydrogen-bond donors (Lipinski definition) is 2. The fourth-order valence-corrected chi connectivity index (χ4v) is 2.20. The van der Waals surface area contributed by atoms with E-state index in [2.05, 4.69) is 5.32 Å². The van der Waals surface area contributed by atoms with Crippen LogP contribution in [-0.4, -0.2) is 6.54 Å². The van der Waals surface area contributed by atoms with Crippen molar-refractivity contribution in [1.29, 1.82) is 0 Å². The number of nitrogens with two attached hydrogens (primary N) is 1. The second-order valence-corrected chi connectivity index (χ2v) is 4.89. The number of benzene rings is 2. The first-order valence-electron chi connectivity index (χ1n) is 6.10. The van der Waals surface area contributed by atoms with Crippen molar-refractivity contribution >= 4 is 23.0 Å². The lowest BCUT2D eigenvalue weighted by Gasteiger charge is -2.10. The van der Waals surface area contributed by atoms with Gasteiger partial charge >= 0.3 is 0 Å². The first-order valence-corrected chi connectivity index (χ1v) is 6.48. The van der Waals surface area contributed by atoms with E-state index in [0.717, 1.165) is 29.8 Å². The minimum Gasteiger partial charge on any atom is -0.399 e. The van der Waals surface area contributed by atoms with Crippen molar-refractivity contribution < 1.29 is 4.39 Å². The van der Waals surface area contributed by atoms with Gasteiger partial charge in [0.05, 0.1) is 10.7 Å². The summed E-state index contributed by atoms with van der Waals surface area (Å²) in [4.78, 5) is 0. The molecule has 2 aromatic carbocycles. The van der Waals surface area contributed by atoms with Gasteiger partial charge in [-0.25, -0.2) is 4.39 Å². The molecular formula is C15H16ClFN2. The van der Waals surface area contributed by atoms with Crippen molar-refractivity contribution in [2.45, 2.75) is 13.3 Å². The third kappa shape index (κ3) is 3.61. The van der Waals surface area contributed by atoms with Crippen LogP contribution < -0.4 is 11.1 Å². The van der Waals surface area contributed by atoms with Gasteiger partial charge < -0.3 is 11.1 Å². The Morgan fingerprint density at radius 2 is 2.00 bits per heavy atom.